The topological polar surface area (TPSA) is 101 Å². The van der Waals surface area contributed by atoms with Gasteiger partial charge < -0.3 is 20.6 Å². The number of nitrogens with one attached hydrogen (secondary N) is 2. The Labute approximate surface area is 193 Å². The number of rotatable bonds is 6. The Morgan fingerprint density at radius 1 is 1.33 bits per heavy atom. The molecule has 3 N–H and O–H groups in total. The first-order valence-electron chi connectivity index (χ1n) is 10.3. The van der Waals surface area contributed by atoms with Crippen molar-refractivity contribution in [3.05, 3.63) is 41.0 Å². The van der Waals surface area contributed by atoms with E-state index in [1.807, 2.05) is 4.90 Å². The van der Waals surface area contributed by atoms with E-state index in [0.717, 1.165) is 19.2 Å². The fourth-order valence-electron chi connectivity index (χ4n) is 4.43. The molecular weight excluding hydrogens is 455 g/mol. The second-order valence-corrected chi connectivity index (χ2v) is 9.02. The van der Waals surface area contributed by atoms with E-state index in [9.17, 15) is 23.2 Å². The number of thioether (sulfide) groups is 1. The number of alkyl halides is 3. The summed E-state index contributed by atoms with van der Waals surface area (Å²) >= 11 is 1.35. The minimum atomic E-state index is -4.73. The maximum Gasteiger partial charge on any atom is 0.417 e. The summed E-state index contributed by atoms with van der Waals surface area (Å²) in [5.74, 6) is -0.344. The van der Waals surface area contributed by atoms with Crippen LogP contribution in [0.3, 0.4) is 0 Å². The molecule has 2 aliphatic rings. The number of hydrogen-bond donors (Lipinski definition) is 3. The summed E-state index contributed by atoms with van der Waals surface area (Å²) in [6.45, 7) is 2.83. The van der Waals surface area contributed by atoms with E-state index in [2.05, 4.69) is 15.6 Å². The first-order valence-corrected chi connectivity index (χ1v) is 11.6. The lowest BCUT2D eigenvalue weighted by Crippen LogP contribution is -2.27. The molecule has 4 rings (SSSR count). The first kappa shape index (κ1) is 23.2. The fourth-order valence-corrected chi connectivity index (χ4v) is 4.96. The number of carboxylic acid groups (broad SMARTS) is 1. The van der Waals surface area contributed by atoms with Crippen LogP contribution in [0.5, 0.6) is 0 Å². The van der Waals surface area contributed by atoms with Crippen LogP contribution < -0.4 is 15.5 Å². The Bertz CT molecular complexity index is 1110. The van der Waals surface area contributed by atoms with Crippen LogP contribution in [0.1, 0.15) is 16.7 Å². The third-order valence-electron chi connectivity index (χ3n) is 6.01. The summed E-state index contributed by atoms with van der Waals surface area (Å²) in [7, 11) is 0. The van der Waals surface area contributed by atoms with Gasteiger partial charge in [0, 0.05) is 31.1 Å². The standard InChI is InChI=1S/C22H22F3N5O2S/c1-33-18-3-2-12(5-20(31)32)4-17(18)28-21-15(7-26)16(22(23,24)25)6-19(29-21)30-10-13-8-27-9-14(13)11-30/h2-4,6,13-14,27H,5,8-11H2,1H3,(H,28,29)(H,31,32)/t13-,14+. The number of fused-ring (bicyclic) bond motifs is 1. The van der Waals surface area contributed by atoms with Crippen LogP contribution in [0.4, 0.5) is 30.5 Å². The predicted molar refractivity (Wildman–Crippen MR) is 119 cm³/mol. The number of aliphatic carboxylic acids is 1. The van der Waals surface area contributed by atoms with Gasteiger partial charge in [0.25, 0.3) is 0 Å². The summed E-state index contributed by atoms with van der Waals surface area (Å²) in [5, 5.41) is 24.9. The SMILES string of the molecule is CSc1ccc(CC(=O)O)cc1Nc1nc(N2C[C@H]3CNC[C@H]3C2)cc(C(F)(F)F)c1C#N. The van der Waals surface area contributed by atoms with Crippen LogP contribution in [-0.4, -0.2) is 48.5 Å². The van der Waals surface area contributed by atoms with Crippen molar-refractivity contribution in [3.8, 4) is 6.07 Å². The molecule has 33 heavy (non-hydrogen) atoms. The Morgan fingerprint density at radius 2 is 2.03 bits per heavy atom. The van der Waals surface area contributed by atoms with E-state index in [1.165, 1.54) is 11.8 Å². The average Bonchev–Trinajstić information content (AvgIpc) is 3.35. The fraction of sp³-hybridized carbons (Fsp3) is 0.409. The van der Waals surface area contributed by atoms with Crippen LogP contribution in [0.2, 0.25) is 0 Å². The third-order valence-corrected chi connectivity index (χ3v) is 6.80. The highest BCUT2D eigenvalue weighted by Crippen LogP contribution is 2.40. The quantitative estimate of drug-likeness (QED) is 0.542. The van der Waals surface area contributed by atoms with Gasteiger partial charge in [-0.05, 0) is 41.9 Å². The molecule has 2 aromatic rings. The van der Waals surface area contributed by atoms with E-state index in [1.54, 1.807) is 30.5 Å². The number of carbonyl (C=O) groups is 1. The second kappa shape index (κ2) is 9.11. The van der Waals surface area contributed by atoms with E-state index >= 15 is 0 Å². The third kappa shape index (κ3) is 4.86. The highest BCUT2D eigenvalue weighted by molar-refractivity contribution is 7.98. The van der Waals surface area contributed by atoms with Crippen molar-refractivity contribution in [3.63, 3.8) is 0 Å². The van der Waals surface area contributed by atoms with Crippen LogP contribution in [0.15, 0.2) is 29.2 Å². The summed E-state index contributed by atoms with van der Waals surface area (Å²) < 4.78 is 41.7. The molecule has 1 aromatic heterocycles. The number of benzene rings is 1. The molecule has 1 aromatic carbocycles. The minimum Gasteiger partial charge on any atom is -0.481 e. The molecule has 2 saturated heterocycles. The number of hydrogen-bond acceptors (Lipinski definition) is 7. The summed E-state index contributed by atoms with van der Waals surface area (Å²) in [4.78, 5) is 18.1. The number of aromatic nitrogens is 1. The molecule has 3 heterocycles. The first-order chi connectivity index (χ1) is 15.7. The molecular formula is C22H22F3N5O2S. The molecule has 0 unspecified atom stereocenters. The lowest BCUT2D eigenvalue weighted by Gasteiger charge is -2.23. The minimum absolute atomic E-state index is 0.172. The Balaban J connectivity index is 1.77. The molecule has 0 radical (unpaired) electrons. The van der Waals surface area contributed by atoms with Gasteiger partial charge >= 0.3 is 12.1 Å². The molecule has 0 spiro atoms. The monoisotopic (exact) mass is 477 g/mol. The van der Waals surface area contributed by atoms with Crippen LogP contribution in [0, 0.1) is 23.2 Å². The summed E-state index contributed by atoms with van der Waals surface area (Å²) in [6, 6.07) is 7.52. The lowest BCUT2D eigenvalue weighted by atomic mass is 10.0. The maximum absolute atomic E-state index is 13.9. The predicted octanol–water partition coefficient (Wildman–Crippen LogP) is 3.72. The number of nitrogens with zero attached hydrogens (tertiary/aromatic N) is 3. The van der Waals surface area contributed by atoms with Gasteiger partial charge in [-0.1, -0.05) is 6.07 Å². The van der Waals surface area contributed by atoms with Gasteiger partial charge in [0.15, 0.2) is 5.82 Å². The normalized spacial score (nSPS) is 19.9. The zero-order chi connectivity index (χ0) is 23.8. The molecule has 0 amide bonds. The summed E-state index contributed by atoms with van der Waals surface area (Å²) in [5.41, 5.74) is -0.755. The van der Waals surface area contributed by atoms with E-state index in [0.29, 0.717) is 41.1 Å². The Kier molecular flexibility index (Phi) is 6.41. The van der Waals surface area contributed by atoms with Crippen LogP contribution in [0.25, 0.3) is 0 Å². The number of halogens is 3. The Hall–Kier alpha value is -2.97. The van der Waals surface area contributed by atoms with Gasteiger partial charge in [-0.2, -0.15) is 18.4 Å². The van der Waals surface area contributed by atoms with Crippen molar-refractivity contribution in [2.45, 2.75) is 17.5 Å². The molecule has 2 fully saturated rings. The van der Waals surface area contributed by atoms with E-state index in [4.69, 9.17) is 5.11 Å². The van der Waals surface area contributed by atoms with E-state index < -0.39 is 23.3 Å². The van der Waals surface area contributed by atoms with Gasteiger partial charge in [-0.3, -0.25) is 4.79 Å². The van der Waals surface area contributed by atoms with Crippen molar-refractivity contribution in [1.82, 2.24) is 10.3 Å². The number of pyridine rings is 1. The number of carboxylic acids is 1. The molecule has 174 valence electrons. The van der Waals surface area contributed by atoms with Gasteiger partial charge in [0.2, 0.25) is 0 Å². The van der Waals surface area contributed by atoms with Crippen LogP contribution >= 0.6 is 11.8 Å². The van der Waals surface area contributed by atoms with Gasteiger partial charge in [0.1, 0.15) is 17.5 Å². The second-order valence-electron chi connectivity index (χ2n) is 8.17. The van der Waals surface area contributed by atoms with Crippen LogP contribution in [-0.2, 0) is 17.4 Å². The largest absolute Gasteiger partial charge is 0.481 e. The smallest absolute Gasteiger partial charge is 0.417 e. The Morgan fingerprint density at radius 3 is 2.61 bits per heavy atom. The lowest BCUT2D eigenvalue weighted by molar-refractivity contribution is -0.138. The van der Waals surface area contributed by atoms with Gasteiger partial charge in [-0.15, -0.1) is 11.8 Å². The maximum atomic E-state index is 13.9. The molecule has 2 aliphatic heterocycles. The number of anilines is 3. The summed E-state index contributed by atoms with van der Waals surface area (Å²) in [6.07, 6.45) is -3.17. The zero-order valence-corrected chi connectivity index (χ0v) is 18.6. The average molecular weight is 478 g/mol. The number of nitriles is 1. The molecule has 0 aliphatic carbocycles. The van der Waals surface area contributed by atoms with Crippen molar-refractivity contribution < 1.29 is 23.1 Å². The highest BCUT2D eigenvalue weighted by Gasteiger charge is 2.40. The molecule has 0 bridgehead atoms. The van der Waals surface area contributed by atoms with Gasteiger partial charge in [-0.25, -0.2) is 4.98 Å². The molecule has 2 atom stereocenters. The van der Waals surface area contributed by atoms with E-state index in [-0.39, 0.29) is 18.1 Å². The van der Waals surface area contributed by atoms with Gasteiger partial charge in [0.05, 0.1) is 17.7 Å². The molecule has 11 heteroatoms. The van der Waals surface area contributed by atoms with Crippen molar-refractivity contribution in [2.24, 2.45) is 11.8 Å². The van der Waals surface area contributed by atoms with Crippen molar-refractivity contribution >= 4 is 35.1 Å². The van der Waals surface area contributed by atoms with Crippen molar-refractivity contribution in [2.75, 3.05) is 42.7 Å². The zero-order valence-electron chi connectivity index (χ0n) is 17.7. The van der Waals surface area contributed by atoms with Crippen molar-refractivity contribution in [1.29, 1.82) is 5.26 Å². The highest BCUT2D eigenvalue weighted by atomic mass is 32.2. The molecule has 0 saturated carbocycles. The molecule has 7 nitrogen and oxygen atoms in total.